The first-order valence-corrected chi connectivity index (χ1v) is 5.77. The lowest BCUT2D eigenvalue weighted by Gasteiger charge is -2.23. The molecule has 4 N–H and O–H groups in total. The molecule has 4 heteroatoms. The molecule has 0 spiro atoms. The molecule has 1 fully saturated rings. The molecule has 0 aliphatic heterocycles. The SMILES string of the molecule is CC(C)(CCNC1CCCC1)C(N)=NO. The highest BCUT2D eigenvalue weighted by molar-refractivity contribution is 5.85. The third-order valence-electron chi connectivity index (χ3n) is 3.34. The molecule has 0 aromatic heterocycles. The third-order valence-corrected chi connectivity index (χ3v) is 3.34. The van der Waals surface area contributed by atoms with Gasteiger partial charge in [0, 0.05) is 11.5 Å². The quantitative estimate of drug-likeness (QED) is 0.282. The van der Waals surface area contributed by atoms with E-state index in [4.69, 9.17) is 10.9 Å². The number of nitrogens with two attached hydrogens (primary N) is 1. The summed E-state index contributed by atoms with van der Waals surface area (Å²) in [6, 6.07) is 0.688. The fraction of sp³-hybridized carbons (Fsp3) is 0.909. The second kappa shape index (κ2) is 5.35. The van der Waals surface area contributed by atoms with Crippen molar-refractivity contribution in [3.8, 4) is 0 Å². The predicted octanol–water partition coefficient (Wildman–Crippen LogP) is 1.68. The van der Waals surface area contributed by atoms with Crippen LogP contribution < -0.4 is 11.1 Å². The molecule has 0 aromatic carbocycles. The van der Waals surface area contributed by atoms with Crippen LogP contribution in [0.15, 0.2) is 5.16 Å². The maximum atomic E-state index is 8.62. The molecular weight excluding hydrogens is 190 g/mol. The normalized spacial score (nSPS) is 19.7. The van der Waals surface area contributed by atoms with Crippen LogP contribution in [0.1, 0.15) is 46.0 Å². The molecule has 0 atom stereocenters. The fourth-order valence-corrected chi connectivity index (χ4v) is 1.98. The summed E-state index contributed by atoms with van der Waals surface area (Å²) in [6.45, 7) is 4.94. The summed E-state index contributed by atoms with van der Waals surface area (Å²) in [7, 11) is 0. The van der Waals surface area contributed by atoms with Crippen molar-refractivity contribution in [3.63, 3.8) is 0 Å². The summed E-state index contributed by atoms with van der Waals surface area (Å²) in [4.78, 5) is 0. The summed E-state index contributed by atoms with van der Waals surface area (Å²) in [5.74, 6) is 0.315. The molecule has 88 valence electrons. The Kier molecular flexibility index (Phi) is 4.39. The molecule has 0 amide bonds. The van der Waals surface area contributed by atoms with Crippen LogP contribution in [0.2, 0.25) is 0 Å². The van der Waals surface area contributed by atoms with Crippen molar-refractivity contribution in [1.82, 2.24) is 5.32 Å². The summed E-state index contributed by atoms with van der Waals surface area (Å²) in [6.07, 6.45) is 6.19. The summed E-state index contributed by atoms with van der Waals surface area (Å²) >= 11 is 0. The van der Waals surface area contributed by atoms with E-state index in [1.807, 2.05) is 13.8 Å². The lowest BCUT2D eigenvalue weighted by Crippen LogP contribution is -2.36. The van der Waals surface area contributed by atoms with Gasteiger partial charge in [-0.1, -0.05) is 31.8 Å². The Hall–Kier alpha value is -0.770. The van der Waals surface area contributed by atoms with Gasteiger partial charge >= 0.3 is 0 Å². The van der Waals surface area contributed by atoms with E-state index >= 15 is 0 Å². The van der Waals surface area contributed by atoms with Crippen LogP contribution >= 0.6 is 0 Å². The Morgan fingerprint density at radius 1 is 1.47 bits per heavy atom. The smallest absolute Gasteiger partial charge is 0.144 e. The Bertz CT molecular complexity index is 220. The van der Waals surface area contributed by atoms with Crippen molar-refractivity contribution < 1.29 is 5.21 Å². The summed E-state index contributed by atoms with van der Waals surface area (Å²) in [5.41, 5.74) is 5.40. The van der Waals surface area contributed by atoms with E-state index in [2.05, 4.69) is 10.5 Å². The molecule has 0 radical (unpaired) electrons. The second-order valence-corrected chi connectivity index (χ2v) is 5.05. The molecule has 0 bridgehead atoms. The van der Waals surface area contributed by atoms with Crippen molar-refractivity contribution in [2.45, 2.75) is 52.0 Å². The van der Waals surface area contributed by atoms with Crippen LogP contribution in [0.25, 0.3) is 0 Å². The van der Waals surface area contributed by atoms with Gasteiger partial charge in [-0.2, -0.15) is 0 Å². The van der Waals surface area contributed by atoms with E-state index in [9.17, 15) is 0 Å². The lowest BCUT2D eigenvalue weighted by atomic mass is 9.88. The van der Waals surface area contributed by atoms with E-state index in [1.165, 1.54) is 25.7 Å². The van der Waals surface area contributed by atoms with E-state index in [0.717, 1.165) is 13.0 Å². The molecule has 1 rings (SSSR count). The number of nitrogens with zero attached hydrogens (tertiary/aromatic N) is 1. The predicted molar refractivity (Wildman–Crippen MR) is 62.1 cm³/mol. The largest absolute Gasteiger partial charge is 0.409 e. The molecule has 1 saturated carbocycles. The van der Waals surface area contributed by atoms with Crippen molar-refractivity contribution in [2.75, 3.05) is 6.54 Å². The van der Waals surface area contributed by atoms with Crippen LogP contribution in [0, 0.1) is 5.41 Å². The average molecular weight is 213 g/mol. The summed E-state index contributed by atoms with van der Waals surface area (Å²) < 4.78 is 0. The van der Waals surface area contributed by atoms with Gasteiger partial charge in [-0.3, -0.25) is 0 Å². The number of oxime groups is 1. The number of nitrogens with one attached hydrogen (secondary N) is 1. The first-order valence-electron chi connectivity index (χ1n) is 5.77. The van der Waals surface area contributed by atoms with Crippen LogP contribution in [-0.4, -0.2) is 23.6 Å². The molecule has 0 saturated heterocycles. The second-order valence-electron chi connectivity index (χ2n) is 5.05. The van der Waals surface area contributed by atoms with E-state index in [-0.39, 0.29) is 5.41 Å². The molecule has 1 aliphatic rings. The zero-order valence-corrected chi connectivity index (χ0v) is 9.79. The van der Waals surface area contributed by atoms with Gasteiger partial charge in [-0.25, -0.2) is 0 Å². The highest BCUT2D eigenvalue weighted by Gasteiger charge is 2.23. The highest BCUT2D eigenvalue weighted by Crippen LogP contribution is 2.21. The minimum absolute atomic E-state index is 0.222. The van der Waals surface area contributed by atoms with Crippen molar-refractivity contribution in [1.29, 1.82) is 0 Å². The monoisotopic (exact) mass is 213 g/mol. The zero-order valence-electron chi connectivity index (χ0n) is 9.79. The summed E-state index contributed by atoms with van der Waals surface area (Å²) in [5, 5.41) is 15.2. The van der Waals surface area contributed by atoms with Crippen LogP contribution in [-0.2, 0) is 0 Å². The molecular formula is C11H23N3O. The van der Waals surface area contributed by atoms with Crippen molar-refractivity contribution in [2.24, 2.45) is 16.3 Å². The standard InChI is InChI=1S/C11H23N3O/c1-11(2,10(12)14-15)7-8-13-9-5-3-4-6-9/h9,13,15H,3-8H2,1-2H3,(H2,12,14). The van der Waals surface area contributed by atoms with Crippen LogP contribution in [0.5, 0.6) is 0 Å². The molecule has 15 heavy (non-hydrogen) atoms. The maximum Gasteiger partial charge on any atom is 0.144 e. The topological polar surface area (TPSA) is 70.6 Å². The van der Waals surface area contributed by atoms with Gasteiger partial charge < -0.3 is 16.3 Å². The first kappa shape index (κ1) is 12.3. The minimum atomic E-state index is -0.222. The van der Waals surface area contributed by atoms with Gasteiger partial charge in [0.05, 0.1) is 0 Å². The minimum Gasteiger partial charge on any atom is -0.409 e. The van der Waals surface area contributed by atoms with Gasteiger partial charge in [0.1, 0.15) is 5.84 Å². The van der Waals surface area contributed by atoms with Gasteiger partial charge in [0.2, 0.25) is 0 Å². The zero-order chi connectivity index (χ0) is 11.3. The lowest BCUT2D eigenvalue weighted by molar-refractivity contribution is 0.304. The highest BCUT2D eigenvalue weighted by atomic mass is 16.4. The third kappa shape index (κ3) is 3.70. The van der Waals surface area contributed by atoms with Gasteiger partial charge in [0.15, 0.2) is 0 Å². The van der Waals surface area contributed by atoms with Crippen molar-refractivity contribution >= 4 is 5.84 Å². The number of hydrogen-bond donors (Lipinski definition) is 3. The van der Waals surface area contributed by atoms with Crippen molar-refractivity contribution in [3.05, 3.63) is 0 Å². The fourth-order valence-electron chi connectivity index (χ4n) is 1.98. The Balaban J connectivity index is 2.23. The number of hydrogen-bond acceptors (Lipinski definition) is 3. The Morgan fingerprint density at radius 3 is 2.60 bits per heavy atom. The van der Waals surface area contributed by atoms with Crippen LogP contribution in [0.3, 0.4) is 0 Å². The molecule has 0 unspecified atom stereocenters. The Morgan fingerprint density at radius 2 is 2.07 bits per heavy atom. The van der Waals surface area contributed by atoms with Gasteiger partial charge in [-0.15, -0.1) is 0 Å². The first-order chi connectivity index (χ1) is 7.06. The molecule has 4 nitrogen and oxygen atoms in total. The van der Waals surface area contributed by atoms with Gasteiger partial charge in [-0.05, 0) is 25.8 Å². The van der Waals surface area contributed by atoms with Gasteiger partial charge in [0.25, 0.3) is 0 Å². The molecule has 1 aliphatic carbocycles. The van der Waals surface area contributed by atoms with Crippen LogP contribution in [0.4, 0.5) is 0 Å². The number of amidine groups is 1. The van der Waals surface area contributed by atoms with E-state index < -0.39 is 0 Å². The molecule has 0 aromatic rings. The molecule has 0 heterocycles. The Labute approximate surface area is 91.9 Å². The maximum absolute atomic E-state index is 8.62. The van der Waals surface area contributed by atoms with E-state index in [1.54, 1.807) is 0 Å². The average Bonchev–Trinajstić information content (AvgIpc) is 2.69. The number of rotatable bonds is 5. The van der Waals surface area contributed by atoms with E-state index in [0.29, 0.717) is 11.9 Å².